The molecule has 0 fully saturated rings. The lowest BCUT2D eigenvalue weighted by atomic mass is 10.1. The zero-order valence-electron chi connectivity index (χ0n) is 13.5. The molecule has 0 saturated heterocycles. The summed E-state index contributed by atoms with van der Waals surface area (Å²) < 4.78 is 15.8. The molecule has 0 spiro atoms. The number of allylic oxidation sites excluding steroid dienone is 1. The van der Waals surface area contributed by atoms with Gasteiger partial charge in [0.05, 0.1) is 20.8 Å². The van der Waals surface area contributed by atoms with Crippen LogP contribution < -0.4 is 14.2 Å². The maximum Gasteiger partial charge on any atom is 0.185 e. The Balaban J connectivity index is 2.14. The zero-order valence-corrected chi connectivity index (χ0v) is 13.5. The van der Waals surface area contributed by atoms with Crippen molar-refractivity contribution in [3.63, 3.8) is 0 Å². The Morgan fingerprint density at radius 3 is 2.09 bits per heavy atom. The molecule has 120 valence electrons. The number of hydrogen-bond donors (Lipinski definition) is 0. The van der Waals surface area contributed by atoms with Crippen molar-refractivity contribution < 1.29 is 19.0 Å². The molecular weight excluding hydrogens is 292 g/mol. The summed E-state index contributed by atoms with van der Waals surface area (Å²) in [6.45, 7) is 2.52. The first-order valence-electron chi connectivity index (χ1n) is 7.34. The van der Waals surface area contributed by atoms with Crippen LogP contribution >= 0.6 is 0 Å². The number of hydrogen-bond acceptors (Lipinski definition) is 4. The standard InChI is InChI=1S/C19H20O4/c1-4-23-16-8-6-15(7-9-16)19(20)10-5-14-11-17(21-2)13-18(12-14)22-3/h5-13H,4H2,1-3H3. The van der Waals surface area contributed by atoms with Gasteiger partial charge in [0, 0.05) is 11.6 Å². The summed E-state index contributed by atoms with van der Waals surface area (Å²) in [7, 11) is 3.18. The molecule has 0 radical (unpaired) electrons. The minimum Gasteiger partial charge on any atom is -0.497 e. The molecule has 0 amide bonds. The number of ether oxygens (including phenoxy) is 3. The van der Waals surface area contributed by atoms with Crippen molar-refractivity contribution in [2.75, 3.05) is 20.8 Å². The van der Waals surface area contributed by atoms with E-state index in [0.717, 1.165) is 11.3 Å². The van der Waals surface area contributed by atoms with E-state index >= 15 is 0 Å². The highest BCUT2D eigenvalue weighted by Gasteiger charge is 2.03. The van der Waals surface area contributed by atoms with Crippen molar-refractivity contribution in [1.82, 2.24) is 0 Å². The molecule has 0 aromatic heterocycles. The third-order valence-electron chi connectivity index (χ3n) is 3.25. The molecule has 0 aliphatic carbocycles. The minimum absolute atomic E-state index is 0.0742. The second-order valence-electron chi connectivity index (χ2n) is 4.80. The molecule has 0 N–H and O–H groups in total. The molecule has 2 aromatic carbocycles. The summed E-state index contributed by atoms with van der Waals surface area (Å²) in [6.07, 6.45) is 3.27. The van der Waals surface area contributed by atoms with Crippen LogP contribution in [0, 0.1) is 0 Å². The van der Waals surface area contributed by atoms with Crippen molar-refractivity contribution in [1.29, 1.82) is 0 Å². The van der Waals surface area contributed by atoms with Crippen LogP contribution in [0.25, 0.3) is 6.08 Å². The SMILES string of the molecule is CCOc1ccc(C(=O)C=Cc2cc(OC)cc(OC)c2)cc1. The quantitative estimate of drug-likeness (QED) is 0.572. The molecule has 2 aromatic rings. The fraction of sp³-hybridized carbons (Fsp3) is 0.211. The Labute approximate surface area is 136 Å². The molecule has 0 aliphatic rings. The van der Waals surface area contributed by atoms with Crippen LogP contribution in [0.15, 0.2) is 48.5 Å². The van der Waals surface area contributed by atoms with E-state index in [4.69, 9.17) is 14.2 Å². The molecule has 4 nitrogen and oxygen atoms in total. The lowest BCUT2D eigenvalue weighted by Crippen LogP contribution is -1.96. The van der Waals surface area contributed by atoms with Gasteiger partial charge in [-0.25, -0.2) is 0 Å². The largest absolute Gasteiger partial charge is 0.497 e. The zero-order chi connectivity index (χ0) is 16.7. The summed E-state index contributed by atoms with van der Waals surface area (Å²) in [5.41, 5.74) is 1.44. The van der Waals surface area contributed by atoms with E-state index in [1.54, 1.807) is 50.6 Å². The molecule has 0 unspecified atom stereocenters. The van der Waals surface area contributed by atoms with Gasteiger partial charge in [-0.3, -0.25) is 4.79 Å². The van der Waals surface area contributed by atoms with Crippen LogP contribution in [0.3, 0.4) is 0 Å². The Bertz CT molecular complexity index is 665. The van der Waals surface area contributed by atoms with E-state index in [2.05, 4.69) is 0 Å². The molecule has 23 heavy (non-hydrogen) atoms. The second kappa shape index (κ2) is 8.03. The van der Waals surface area contributed by atoms with Crippen LogP contribution in [0.4, 0.5) is 0 Å². The molecule has 0 heterocycles. The van der Waals surface area contributed by atoms with Gasteiger partial charge in [0.15, 0.2) is 5.78 Å². The molecular formula is C19H20O4. The Kier molecular flexibility index (Phi) is 5.80. The van der Waals surface area contributed by atoms with Crippen molar-refractivity contribution >= 4 is 11.9 Å². The van der Waals surface area contributed by atoms with Crippen molar-refractivity contribution in [3.05, 3.63) is 59.7 Å². The van der Waals surface area contributed by atoms with Crippen molar-refractivity contribution in [3.8, 4) is 17.2 Å². The Morgan fingerprint density at radius 1 is 0.957 bits per heavy atom. The molecule has 2 rings (SSSR count). The molecule has 0 atom stereocenters. The molecule has 0 saturated carbocycles. The number of ketones is 1. The average Bonchev–Trinajstić information content (AvgIpc) is 2.60. The summed E-state index contributed by atoms with van der Waals surface area (Å²) in [6, 6.07) is 12.5. The van der Waals surface area contributed by atoms with E-state index in [0.29, 0.717) is 23.7 Å². The van der Waals surface area contributed by atoms with Gasteiger partial charge >= 0.3 is 0 Å². The minimum atomic E-state index is -0.0742. The van der Waals surface area contributed by atoms with E-state index in [1.165, 1.54) is 6.08 Å². The number of carbonyl (C=O) groups excluding carboxylic acids is 1. The van der Waals surface area contributed by atoms with Crippen LogP contribution in [0.5, 0.6) is 17.2 Å². The number of methoxy groups -OCH3 is 2. The lowest BCUT2D eigenvalue weighted by Gasteiger charge is -2.06. The van der Waals surface area contributed by atoms with Gasteiger partial charge in [-0.2, -0.15) is 0 Å². The first kappa shape index (κ1) is 16.6. The summed E-state index contributed by atoms with van der Waals surface area (Å²) in [5.74, 6) is 2.04. The maximum atomic E-state index is 12.2. The van der Waals surface area contributed by atoms with Gasteiger partial charge in [-0.15, -0.1) is 0 Å². The number of benzene rings is 2. The number of carbonyl (C=O) groups is 1. The lowest BCUT2D eigenvalue weighted by molar-refractivity contribution is 0.104. The van der Waals surface area contributed by atoms with Gasteiger partial charge in [0.2, 0.25) is 0 Å². The smallest absolute Gasteiger partial charge is 0.185 e. The van der Waals surface area contributed by atoms with Crippen LogP contribution in [0.2, 0.25) is 0 Å². The number of rotatable bonds is 7. The van der Waals surface area contributed by atoms with E-state index in [1.807, 2.05) is 19.1 Å². The molecule has 0 bridgehead atoms. The van der Waals surface area contributed by atoms with E-state index in [9.17, 15) is 4.79 Å². The van der Waals surface area contributed by atoms with Crippen LogP contribution in [-0.2, 0) is 0 Å². The van der Waals surface area contributed by atoms with Gasteiger partial charge in [-0.1, -0.05) is 6.08 Å². The van der Waals surface area contributed by atoms with E-state index in [-0.39, 0.29) is 5.78 Å². The predicted molar refractivity (Wildman–Crippen MR) is 90.5 cm³/mol. The summed E-state index contributed by atoms with van der Waals surface area (Å²) in [4.78, 5) is 12.2. The molecule has 0 aliphatic heterocycles. The summed E-state index contributed by atoms with van der Waals surface area (Å²) in [5, 5.41) is 0. The highest BCUT2D eigenvalue weighted by molar-refractivity contribution is 6.06. The second-order valence-corrected chi connectivity index (χ2v) is 4.80. The Hall–Kier alpha value is -2.75. The van der Waals surface area contributed by atoms with E-state index < -0.39 is 0 Å². The first-order chi connectivity index (χ1) is 11.2. The highest BCUT2D eigenvalue weighted by atomic mass is 16.5. The van der Waals surface area contributed by atoms with Gasteiger partial charge in [-0.05, 0) is 55.0 Å². The summed E-state index contributed by atoms with van der Waals surface area (Å²) >= 11 is 0. The van der Waals surface area contributed by atoms with Crippen LogP contribution in [0.1, 0.15) is 22.8 Å². The topological polar surface area (TPSA) is 44.8 Å². The third kappa shape index (κ3) is 4.61. The van der Waals surface area contributed by atoms with Gasteiger partial charge in [0.25, 0.3) is 0 Å². The van der Waals surface area contributed by atoms with Crippen LogP contribution in [-0.4, -0.2) is 26.6 Å². The monoisotopic (exact) mass is 312 g/mol. The third-order valence-corrected chi connectivity index (χ3v) is 3.25. The van der Waals surface area contributed by atoms with Gasteiger partial charge in [0.1, 0.15) is 17.2 Å². The predicted octanol–water partition coefficient (Wildman–Crippen LogP) is 4.00. The molecule has 4 heteroatoms. The van der Waals surface area contributed by atoms with Crippen molar-refractivity contribution in [2.24, 2.45) is 0 Å². The maximum absolute atomic E-state index is 12.2. The van der Waals surface area contributed by atoms with Gasteiger partial charge < -0.3 is 14.2 Å². The fourth-order valence-electron chi connectivity index (χ4n) is 2.08. The Morgan fingerprint density at radius 2 is 1.57 bits per heavy atom. The fourth-order valence-corrected chi connectivity index (χ4v) is 2.08. The highest BCUT2D eigenvalue weighted by Crippen LogP contribution is 2.23. The van der Waals surface area contributed by atoms with Crippen molar-refractivity contribution in [2.45, 2.75) is 6.92 Å². The average molecular weight is 312 g/mol. The first-order valence-corrected chi connectivity index (χ1v) is 7.34. The normalized spacial score (nSPS) is 10.6.